The summed E-state index contributed by atoms with van der Waals surface area (Å²) in [6.45, 7) is 2.23. The number of halogens is 3. The van der Waals surface area contributed by atoms with E-state index in [1.165, 1.54) is 12.3 Å². The van der Waals surface area contributed by atoms with Crippen LogP contribution in [-0.2, 0) is 19.1 Å². The lowest BCUT2D eigenvalue weighted by atomic mass is 10.1. The molecule has 6 nitrogen and oxygen atoms in total. The Bertz CT molecular complexity index is 968. The Kier molecular flexibility index (Phi) is 5.81. The molecule has 2 amide bonds. The fourth-order valence-electron chi connectivity index (χ4n) is 2.94. The van der Waals surface area contributed by atoms with E-state index in [0.29, 0.717) is 12.1 Å². The maximum absolute atomic E-state index is 13.2. The summed E-state index contributed by atoms with van der Waals surface area (Å²) in [5, 5.41) is 5.42. The Morgan fingerprint density at radius 2 is 1.96 bits per heavy atom. The summed E-state index contributed by atoms with van der Waals surface area (Å²) in [5.74, 6) is -0.984. The number of pyridine rings is 1. The van der Waals surface area contributed by atoms with Gasteiger partial charge in [0.1, 0.15) is 5.52 Å². The highest BCUT2D eigenvalue weighted by Crippen LogP contribution is 2.30. The number of anilines is 1. The van der Waals surface area contributed by atoms with Gasteiger partial charge in [-0.25, -0.2) is 14.8 Å². The number of nitrogens with one attached hydrogen (secondary N) is 2. The fraction of sp³-hybridized carbons (Fsp3) is 0.316. The van der Waals surface area contributed by atoms with Crippen molar-refractivity contribution in [1.82, 2.24) is 19.9 Å². The molecule has 0 atom stereocenters. The van der Waals surface area contributed by atoms with Crippen molar-refractivity contribution in [2.24, 2.45) is 0 Å². The topological polar surface area (TPSA) is 71.8 Å². The van der Waals surface area contributed by atoms with Gasteiger partial charge < -0.3 is 15.2 Å². The SMILES string of the molecule is CCc1ccccc1NC(=O)NCCCn1c(C(F)(F)F)nc2cccnc21. The highest BCUT2D eigenvalue weighted by atomic mass is 19.4. The van der Waals surface area contributed by atoms with Crippen LogP contribution in [0.4, 0.5) is 23.7 Å². The average molecular weight is 391 g/mol. The van der Waals surface area contributed by atoms with Gasteiger partial charge in [-0.15, -0.1) is 0 Å². The van der Waals surface area contributed by atoms with Crippen molar-refractivity contribution < 1.29 is 18.0 Å². The maximum Gasteiger partial charge on any atom is 0.449 e. The number of imidazole rings is 1. The third-order valence-electron chi connectivity index (χ3n) is 4.25. The van der Waals surface area contributed by atoms with Gasteiger partial charge in [0.25, 0.3) is 0 Å². The van der Waals surface area contributed by atoms with Gasteiger partial charge in [0.05, 0.1) is 0 Å². The molecule has 0 radical (unpaired) electrons. The lowest BCUT2D eigenvalue weighted by molar-refractivity contribution is -0.147. The van der Waals surface area contributed by atoms with Gasteiger partial charge in [0, 0.05) is 25.0 Å². The summed E-state index contributed by atoms with van der Waals surface area (Å²) in [4.78, 5) is 19.7. The smallest absolute Gasteiger partial charge is 0.338 e. The summed E-state index contributed by atoms with van der Waals surface area (Å²) >= 11 is 0. The molecule has 1 aromatic carbocycles. The van der Waals surface area contributed by atoms with Crippen LogP contribution in [0.1, 0.15) is 24.7 Å². The van der Waals surface area contributed by atoms with Crippen molar-refractivity contribution >= 4 is 22.9 Å². The number of rotatable bonds is 6. The molecule has 0 bridgehead atoms. The molecule has 0 fully saturated rings. The molecule has 0 aliphatic rings. The summed E-state index contributed by atoms with van der Waals surface area (Å²) in [7, 11) is 0. The molecule has 2 aromatic heterocycles. The van der Waals surface area contributed by atoms with Crippen molar-refractivity contribution in [3.63, 3.8) is 0 Å². The zero-order valence-electron chi connectivity index (χ0n) is 15.3. The van der Waals surface area contributed by atoms with E-state index in [9.17, 15) is 18.0 Å². The van der Waals surface area contributed by atoms with Crippen molar-refractivity contribution in [3.05, 3.63) is 54.0 Å². The largest absolute Gasteiger partial charge is 0.449 e. The Morgan fingerprint density at radius 1 is 1.18 bits per heavy atom. The van der Waals surface area contributed by atoms with Gasteiger partial charge in [0.15, 0.2) is 5.65 Å². The van der Waals surface area contributed by atoms with Crippen molar-refractivity contribution in [3.8, 4) is 0 Å². The first-order valence-electron chi connectivity index (χ1n) is 8.91. The number of carbonyl (C=O) groups excluding carboxylic acids is 1. The monoisotopic (exact) mass is 391 g/mol. The molecule has 9 heteroatoms. The molecule has 28 heavy (non-hydrogen) atoms. The van der Waals surface area contributed by atoms with Crippen LogP contribution in [0.5, 0.6) is 0 Å². The van der Waals surface area contributed by atoms with Gasteiger partial charge in [-0.1, -0.05) is 25.1 Å². The van der Waals surface area contributed by atoms with Gasteiger partial charge in [0.2, 0.25) is 5.82 Å². The van der Waals surface area contributed by atoms with E-state index in [1.54, 1.807) is 12.1 Å². The first-order chi connectivity index (χ1) is 13.4. The molecule has 2 heterocycles. The highest BCUT2D eigenvalue weighted by molar-refractivity contribution is 5.90. The number of hydrogen-bond acceptors (Lipinski definition) is 3. The Morgan fingerprint density at radius 3 is 2.71 bits per heavy atom. The third-order valence-corrected chi connectivity index (χ3v) is 4.25. The second-order valence-electron chi connectivity index (χ2n) is 6.18. The molecule has 0 aliphatic carbocycles. The molecular formula is C19H20F3N5O. The molecule has 0 spiro atoms. The lowest BCUT2D eigenvalue weighted by Gasteiger charge is -2.12. The first kappa shape index (κ1) is 19.7. The highest BCUT2D eigenvalue weighted by Gasteiger charge is 2.37. The van der Waals surface area contributed by atoms with Crippen LogP contribution in [0.15, 0.2) is 42.6 Å². The van der Waals surface area contributed by atoms with E-state index in [0.717, 1.165) is 16.6 Å². The van der Waals surface area contributed by atoms with Crippen molar-refractivity contribution in [1.29, 1.82) is 0 Å². The van der Waals surface area contributed by atoms with Crippen LogP contribution in [0.25, 0.3) is 11.2 Å². The number of para-hydroxylation sites is 1. The van der Waals surface area contributed by atoms with Crippen LogP contribution >= 0.6 is 0 Å². The van der Waals surface area contributed by atoms with Crippen LogP contribution in [0.3, 0.4) is 0 Å². The average Bonchev–Trinajstić information content (AvgIpc) is 3.05. The summed E-state index contributed by atoms with van der Waals surface area (Å²) in [6, 6.07) is 10.1. The fourth-order valence-corrected chi connectivity index (χ4v) is 2.94. The van der Waals surface area contributed by atoms with Crippen LogP contribution < -0.4 is 10.6 Å². The Balaban J connectivity index is 1.60. The van der Waals surface area contributed by atoms with Gasteiger partial charge in [-0.2, -0.15) is 13.2 Å². The molecule has 0 saturated carbocycles. The maximum atomic E-state index is 13.2. The molecule has 3 rings (SSSR count). The minimum Gasteiger partial charge on any atom is -0.338 e. The third kappa shape index (κ3) is 4.41. The molecule has 148 valence electrons. The summed E-state index contributed by atoms with van der Waals surface area (Å²) in [6.07, 6.45) is -2.07. The van der Waals surface area contributed by atoms with Crippen molar-refractivity contribution in [2.75, 3.05) is 11.9 Å². The normalized spacial score (nSPS) is 11.6. The van der Waals surface area contributed by atoms with E-state index in [-0.39, 0.29) is 24.3 Å². The molecule has 0 unspecified atom stereocenters. The second-order valence-corrected chi connectivity index (χ2v) is 6.18. The van der Waals surface area contributed by atoms with Gasteiger partial charge >= 0.3 is 12.2 Å². The van der Waals surface area contributed by atoms with E-state index in [4.69, 9.17) is 0 Å². The minimum atomic E-state index is -4.57. The van der Waals surface area contributed by atoms with Crippen molar-refractivity contribution in [2.45, 2.75) is 32.5 Å². The standard InChI is InChI=1S/C19H20F3N5O/c1-2-13-7-3-4-8-14(13)26-18(28)24-11-6-12-27-16-15(9-5-10-23-16)25-17(27)19(20,21)22/h3-5,7-10H,2,6,11-12H2,1H3,(H2,24,26,28). The number of amides is 2. The lowest BCUT2D eigenvalue weighted by Crippen LogP contribution is -2.30. The van der Waals surface area contributed by atoms with E-state index >= 15 is 0 Å². The first-order valence-corrected chi connectivity index (χ1v) is 8.91. The van der Waals surface area contributed by atoms with Gasteiger partial charge in [-0.3, -0.25) is 0 Å². The summed E-state index contributed by atoms with van der Waals surface area (Å²) in [5.41, 5.74) is 2.09. The number of aromatic nitrogens is 3. The summed E-state index contributed by atoms with van der Waals surface area (Å²) < 4.78 is 40.8. The quantitative estimate of drug-likeness (QED) is 0.618. The number of alkyl halides is 3. The number of carbonyl (C=O) groups is 1. The van der Waals surface area contributed by atoms with Gasteiger partial charge in [-0.05, 0) is 36.6 Å². The second kappa shape index (κ2) is 8.28. The number of benzene rings is 1. The minimum absolute atomic E-state index is 0.0359. The molecule has 0 saturated heterocycles. The number of fused-ring (bicyclic) bond motifs is 1. The number of aryl methyl sites for hydroxylation is 2. The predicted molar refractivity (Wildman–Crippen MR) is 100.0 cm³/mol. The Labute approximate surface area is 159 Å². The Hall–Kier alpha value is -3.10. The molecular weight excluding hydrogens is 371 g/mol. The number of nitrogens with zero attached hydrogens (tertiary/aromatic N) is 3. The zero-order chi connectivity index (χ0) is 20.1. The van der Waals surface area contributed by atoms with E-state index in [1.807, 2.05) is 25.1 Å². The van der Waals surface area contributed by atoms with Crippen LogP contribution in [0, 0.1) is 0 Å². The predicted octanol–water partition coefficient (Wildman–Crippen LogP) is 4.22. The zero-order valence-corrected chi connectivity index (χ0v) is 15.3. The number of hydrogen-bond donors (Lipinski definition) is 2. The molecule has 0 aliphatic heterocycles. The van der Waals surface area contributed by atoms with E-state index < -0.39 is 18.0 Å². The number of urea groups is 1. The van der Waals surface area contributed by atoms with Crippen LogP contribution in [0.2, 0.25) is 0 Å². The molecule has 3 aromatic rings. The molecule has 2 N–H and O–H groups in total. The van der Waals surface area contributed by atoms with Crippen LogP contribution in [-0.4, -0.2) is 27.1 Å². The van der Waals surface area contributed by atoms with E-state index in [2.05, 4.69) is 20.6 Å².